The minimum atomic E-state index is 0.171. The Morgan fingerprint density at radius 1 is 1.10 bits per heavy atom. The van der Waals surface area contributed by atoms with Gasteiger partial charge in [-0.05, 0) is 56.3 Å². The van der Waals surface area contributed by atoms with Gasteiger partial charge in [0.1, 0.15) is 0 Å². The van der Waals surface area contributed by atoms with Crippen molar-refractivity contribution >= 4 is 5.69 Å². The maximum absolute atomic E-state index is 5.80. The van der Waals surface area contributed by atoms with Crippen molar-refractivity contribution in [2.24, 2.45) is 5.92 Å². The normalized spacial score (nSPS) is 23.5. The molecule has 1 fully saturated rings. The third-order valence-corrected chi connectivity index (χ3v) is 5.35. The first-order valence-electron chi connectivity index (χ1n) is 8.48. The zero-order valence-electron chi connectivity index (χ0n) is 14.2. The molecule has 0 saturated heterocycles. The highest BCUT2D eigenvalue weighted by molar-refractivity contribution is 5.41. The van der Waals surface area contributed by atoms with Gasteiger partial charge in [0.15, 0.2) is 0 Å². The molecular weight excluding hydrogens is 256 g/mol. The van der Waals surface area contributed by atoms with Gasteiger partial charge in [0.25, 0.3) is 0 Å². The third kappa shape index (κ3) is 4.23. The van der Waals surface area contributed by atoms with Gasteiger partial charge in [0, 0.05) is 23.7 Å². The highest BCUT2D eigenvalue weighted by Crippen LogP contribution is 2.31. The van der Waals surface area contributed by atoms with E-state index in [0.29, 0.717) is 0 Å². The highest BCUT2D eigenvalue weighted by Gasteiger charge is 2.28. The van der Waals surface area contributed by atoms with Crippen molar-refractivity contribution in [2.75, 3.05) is 19.3 Å². The molecule has 0 heterocycles. The summed E-state index contributed by atoms with van der Waals surface area (Å²) in [5.41, 5.74) is 8.20. The second-order valence-electron chi connectivity index (χ2n) is 7.50. The maximum Gasteiger partial charge on any atom is 0.0314 e. The summed E-state index contributed by atoms with van der Waals surface area (Å²) in [6, 6.07) is 9.15. The zero-order chi connectivity index (χ0) is 15.5. The van der Waals surface area contributed by atoms with Gasteiger partial charge in [-0.1, -0.05) is 39.3 Å². The van der Waals surface area contributed by atoms with E-state index in [0.717, 1.165) is 24.2 Å². The lowest BCUT2D eigenvalue weighted by atomic mass is 9.81. The van der Waals surface area contributed by atoms with E-state index in [9.17, 15) is 0 Å². The Kier molecular flexibility index (Phi) is 5.32. The Balaban J connectivity index is 1.95. The van der Waals surface area contributed by atoms with Crippen molar-refractivity contribution in [2.45, 2.75) is 64.3 Å². The number of hydrogen-bond donors (Lipinski definition) is 1. The summed E-state index contributed by atoms with van der Waals surface area (Å²) in [5, 5.41) is 0. The minimum absolute atomic E-state index is 0.171. The van der Waals surface area contributed by atoms with Crippen LogP contribution in [0.3, 0.4) is 0 Å². The molecule has 1 aliphatic rings. The van der Waals surface area contributed by atoms with Gasteiger partial charge in [-0.2, -0.15) is 0 Å². The molecule has 1 aromatic carbocycles. The van der Waals surface area contributed by atoms with Crippen LogP contribution >= 0.6 is 0 Å². The molecule has 0 bridgehead atoms. The average Bonchev–Trinajstić information content (AvgIpc) is 2.47. The largest absolute Gasteiger partial charge is 0.399 e. The molecule has 2 N–H and O–H groups in total. The van der Waals surface area contributed by atoms with Gasteiger partial charge in [-0.15, -0.1) is 0 Å². The van der Waals surface area contributed by atoms with Crippen LogP contribution in [-0.2, 0) is 5.41 Å². The monoisotopic (exact) mass is 288 g/mol. The topological polar surface area (TPSA) is 29.3 Å². The molecule has 118 valence electrons. The van der Waals surface area contributed by atoms with Crippen LogP contribution in [0, 0.1) is 5.92 Å². The number of nitrogens with zero attached hydrogens (tertiary/aromatic N) is 1. The Labute approximate surface area is 130 Å². The van der Waals surface area contributed by atoms with E-state index in [1.54, 1.807) is 0 Å². The molecule has 0 aliphatic heterocycles. The van der Waals surface area contributed by atoms with Gasteiger partial charge >= 0.3 is 0 Å². The van der Waals surface area contributed by atoms with E-state index in [2.05, 4.69) is 44.9 Å². The molecule has 1 aliphatic carbocycles. The number of nitrogen functional groups attached to an aromatic ring is 1. The van der Waals surface area contributed by atoms with Gasteiger partial charge in [-0.3, -0.25) is 0 Å². The zero-order valence-corrected chi connectivity index (χ0v) is 14.2. The molecule has 0 spiro atoms. The van der Waals surface area contributed by atoms with E-state index >= 15 is 0 Å². The van der Waals surface area contributed by atoms with Crippen LogP contribution in [-0.4, -0.2) is 24.5 Å². The quantitative estimate of drug-likeness (QED) is 0.811. The highest BCUT2D eigenvalue weighted by atomic mass is 15.1. The fourth-order valence-electron chi connectivity index (χ4n) is 3.77. The minimum Gasteiger partial charge on any atom is -0.399 e. The van der Waals surface area contributed by atoms with Crippen LogP contribution in [0.15, 0.2) is 24.3 Å². The molecule has 1 saturated carbocycles. The standard InChI is InChI=1S/C19H32N2/c1-5-15-6-12-18(13-7-15)21(4)14-19(2,3)16-8-10-17(20)11-9-16/h8-11,15,18H,5-7,12-14,20H2,1-4H3. The molecule has 21 heavy (non-hydrogen) atoms. The summed E-state index contributed by atoms with van der Waals surface area (Å²) in [6.07, 6.45) is 6.91. The smallest absolute Gasteiger partial charge is 0.0314 e. The van der Waals surface area contributed by atoms with Crippen LogP contribution in [0.1, 0.15) is 58.4 Å². The second kappa shape index (κ2) is 6.83. The fourth-order valence-corrected chi connectivity index (χ4v) is 3.77. The van der Waals surface area contributed by atoms with Crippen LogP contribution in [0.5, 0.6) is 0 Å². The lowest BCUT2D eigenvalue weighted by Gasteiger charge is -2.39. The molecule has 0 unspecified atom stereocenters. The Hall–Kier alpha value is -1.02. The third-order valence-electron chi connectivity index (χ3n) is 5.35. The van der Waals surface area contributed by atoms with E-state index in [1.165, 1.54) is 37.7 Å². The van der Waals surface area contributed by atoms with E-state index in [4.69, 9.17) is 5.73 Å². The first-order valence-corrected chi connectivity index (χ1v) is 8.48. The molecule has 2 nitrogen and oxygen atoms in total. The SMILES string of the molecule is CCC1CCC(N(C)CC(C)(C)c2ccc(N)cc2)CC1. The number of likely N-dealkylation sites (N-methyl/N-ethyl adjacent to an activating group) is 1. The summed E-state index contributed by atoms with van der Waals surface area (Å²) in [7, 11) is 2.30. The Morgan fingerprint density at radius 3 is 2.19 bits per heavy atom. The van der Waals surface area contributed by atoms with Gasteiger partial charge in [-0.25, -0.2) is 0 Å². The lowest BCUT2D eigenvalue weighted by Crippen LogP contribution is -2.42. The van der Waals surface area contributed by atoms with Crippen LogP contribution < -0.4 is 5.73 Å². The van der Waals surface area contributed by atoms with E-state index < -0.39 is 0 Å². The predicted octanol–water partition coefficient (Wildman–Crippen LogP) is 4.45. The predicted molar refractivity (Wildman–Crippen MR) is 92.5 cm³/mol. The summed E-state index contributed by atoms with van der Waals surface area (Å²) >= 11 is 0. The summed E-state index contributed by atoms with van der Waals surface area (Å²) in [4.78, 5) is 2.59. The van der Waals surface area contributed by atoms with Crippen LogP contribution in [0.2, 0.25) is 0 Å². The molecule has 0 atom stereocenters. The maximum atomic E-state index is 5.80. The average molecular weight is 288 g/mol. The van der Waals surface area contributed by atoms with Crippen LogP contribution in [0.4, 0.5) is 5.69 Å². The lowest BCUT2D eigenvalue weighted by molar-refractivity contribution is 0.141. The fraction of sp³-hybridized carbons (Fsp3) is 0.684. The Bertz CT molecular complexity index is 427. The van der Waals surface area contributed by atoms with Crippen molar-refractivity contribution < 1.29 is 0 Å². The van der Waals surface area contributed by atoms with Crippen LogP contribution in [0.25, 0.3) is 0 Å². The van der Waals surface area contributed by atoms with Crippen molar-refractivity contribution in [1.82, 2.24) is 4.90 Å². The summed E-state index contributed by atoms with van der Waals surface area (Å²) in [6.45, 7) is 8.12. The first kappa shape index (κ1) is 16.4. The molecule has 0 amide bonds. The molecule has 0 aromatic heterocycles. The number of anilines is 1. The van der Waals surface area contributed by atoms with Gasteiger partial charge in [0.2, 0.25) is 0 Å². The molecular formula is C19H32N2. The van der Waals surface area contributed by atoms with Crippen molar-refractivity contribution in [3.8, 4) is 0 Å². The van der Waals surface area contributed by atoms with Crippen molar-refractivity contribution in [3.63, 3.8) is 0 Å². The Morgan fingerprint density at radius 2 is 1.67 bits per heavy atom. The number of benzene rings is 1. The number of hydrogen-bond acceptors (Lipinski definition) is 2. The molecule has 1 aromatic rings. The summed E-state index contributed by atoms with van der Waals surface area (Å²) in [5.74, 6) is 0.972. The van der Waals surface area contributed by atoms with Crippen molar-refractivity contribution in [3.05, 3.63) is 29.8 Å². The second-order valence-corrected chi connectivity index (χ2v) is 7.50. The molecule has 2 rings (SSSR count). The van der Waals surface area contributed by atoms with E-state index in [1.807, 2.05) is 12.1 Å². The number of rotatable bonds is 5. The van der Waals surface area contributed by atoms with Gasteiger partial charge in [0.05, 0.1) is 0 Å². The first-order chi connectivity index (χ1) is 9.92. The van der Waals surface area contributed by atoms with E-state index in [-0.39, 0.29) is 5.41 Å². The number of nitrogens with two attached hydrogens (primary N) is 1. The molecule has 2 heteroatoms. The van der Waals surface area contributed by atoms with Gasteiger partial charge < -0.3 is 10.6 Å². The molecule has 0 radical (unpaired) electrons. The van der Waals surface area contributed by atoms with Crippen molar-refractivity contribution in [1.29, 1.82) is 0 Å². The summed E-state index contributed by atoms with van der Waals surface area (Å²) < 4.78 is 0.